The average molecular weight is 392 g/mol. The highest BCUT2D eigenvalue weighted by Gasteiger charge is 2.14. The normalized spacial score (nSPS) is 11.9. The molecule has 0 heterocycles. The van der Waals surface area contributed by atoms with Gasteiger partial charge in [-0.2, -0.15) is 0 Å². The van der Waals surface area contributed by atoms with Gasteiger partial charge in [-0.15, -0.1) is 0 Å². The van der Waals surface area contributed by atoms with Crippen LogP contribution in [0.15, 0.2) is 30.3 Å². The molecule has 0 bridgehead atoms. The van der Waals surface area contributed by atoms with Crippen LogP contribution in [0.2, 0.25) is 6.04 Å². The van der Waals surface area contributed by atoms with E-state index < -0.39 is 0 Å². The summed E-state index contributed by atoms with van der Waals surface area (Å²) in [5.41, 5.74) is 1.44. The predicted molar refractivity (Wildman–Crippen MR) is 126 cm³/mol. The maximum Gasteiger partial charge on any atom is 0.104 e. The van der Waals surface area contributed by atoms with Gasteiger partial charge in [-0.3, -0.25) is 0 Å². The van der Waals surface area contributed by atoms with E-state index in [2.05, 4.69) is 49.7 Å². The first-order valence-corrected chi connectivity index (χ1v) is 13.1. The second-order valence-electron chi connectivity index (χ2n) is 8.94. The molecule has 0 atom stereocenters. The lowest BCUT2D eigenvalue weighted by molar-refractivity contribution is -0.902. The lowest BCUT2D eigenvalue weighted by Gasteiger charge is -2.30. The molecular weight excluding hydrogens is 344 g/mol. The molecule has 0 aliphatic rings. The molecule has 3 heteroatoms. The van der Waals surface area contributed by atoms with Crippen molar-refractivity contribution >= 4 is 10.2 Å². The fourth-order valence-electron chi connectivity index (χ4n) is 3.75. The summed E-state index contributed by atoms with van der Waals surface area (Å²) in [6, 6.07) is 12.4. The zero-order valence-corrected chi connectivity index (χ0v) is 20.6. The topological polar surface area (TPSA) is 12.0 Å². The number of nitrogens with one attached hydrogen (secondary N) is 1. The number of nitrogens with zero attached hydrogens (tertiary/aromatic N) is 1. The summed E-state index contributed by atoms with van der Waals surface area (Å²) < 4.78 is 1.05. The van der Waals surface area contributed by atoms with E-state index in [0.29, 0.717) is 0 Å². The van der Waals surface area contributed by atoms with E-state index in [1.807, 2.05) is 0 Å². The number of hydrogen-bond donors (Lipinski definition) is 1. The zero-order chi connectivity index (χ0) is 19.6. The van der Waals surface area contributed by atoms with Crippen LogP contribution in [0.1, 0.15) is 76.2 Å². The van der Waals surface area contributed by atoms with Crippen LogP contribution in [0.4, 0.5) is 0 Å². The summed E-state index contributed by atoms with van der Waals surface area (Å²) >= 11 is 0. The largest absolute Gasteiger partial charge is 0.324 e. The van der Waals surface area contributed by atoms with Gasteiger partial charge in [-0.05, 0) is 13.0 Å². The highest BCUT2D eigenvalue weighted by atomic mass is 28.1. The molecule has 0 saturated heterocycles. The Morgan fingerprint density at radius 2 is 1.22 bits per heavy atom. The van der Waals surface area contributed by atoms with Crippen molar-refractivity contribution in [3.63, 3.8) is 0 Å². The minimum atomic E-state index is 1.05. The van der Waals surface area contributed by atoms with E-state index in [4.69, 9.17) is 0 Å². The molecule has 27 heavy (non-hydrogen) atoms. The van der Waals surface area contributed by atoms with Gasteiger partial charge in [0.1, 0.15) is 6.54 Å². The average Bonchev–Trinajstić information content (AvgIpc) is 2.65. The number of unbranched alkanes of at least 4 members (excludes halogenated alkanes) is 10. The molecule has 0 aliphatic heterocycles. The molecule has 156 valence electrons. The van der Waals surface area contributed by atoms with Crippen LogP contribution in [-0.4, -0.2) is 48.5 Å². The van der Waals surface area contributed by atoms with Gasteiger partial charge >= 0.3 is 0 Å². The Morgan fingerprint density at radius 1 is 0.704 bits per heavy atom. The van der Waals surface area contributed by atoms with Crippen LogP contribution in [0.3, 0.4) is 0 Å². The van der Waals surface area contributed by atoms with E-state index in [-0.39, 0.29) is 0 Å². The second kappa shape index (κ2) is 16.3. The molecule has 2 nitrogen and oxygen atoms in total. The molecule has 1 aromatic rings. The van der Waals surface area contributed by atoms with Crippen molar-refractivity contribution < 1.29 is 4.48 Å². The molecule has 0 spiro atoms. The van der Waals surface area contributed by atoms with Crippen LogP contribution in [0.25, 0.3) is 0 Å². The summed E-state index contributed by atoms with van der Waals surface area (Å²) in [5, 5.41) is 3.65. The van der Waals surface area contributed by atoms with Gasteiger partial charge in [-0.25, -0.2) is 0 Å². The Bertz CT molecular complexity index is 433. The molecule has 1 rings (SSSR count). The summed E-state index contributed by atoms with van der Waals surface area (Å²) in [6.45, 7) is 4.61. The van der Waals surface area contributed by atoms with Gasteiger partial charge in [0.15, 0.2) is 0 Å². The minimum Gasteiger partial charge on any atom is -0.324 e. The SMILES string of the molecule is C[N+](C)(CCNCCCCCCCCCCCCC[SiH3])Cc1ccccc1. The van der Waals surface area contributed by atoms with Crippen molar-refractivity contribution in [3.8, 4) is 0 Å². The van der Waals surface area contributed by atoms with Gasteiger partial charge < -0.3 is 9.80 Å². The van der Waals surface area contributed by atoms with Gasteiger partial charge in [0.2, 0.25) is 0 Å². The van der Waals surface area contributed by atoms with Crippen LogP contribution in [0.5, 0.6) is 0 Å². The number of likely N-dealkylation sites (N-methyl/N-ethyl adjacent to an activating group) is 1. The summed E-state index contributed by atoms with van der Waals surface area (Å²) in [5.74, 6) is 0. The maximum atomic E-state index is 3.65. The third-order valence-corrected chi connectivity index (χ3v) is 6.26. The first-order chi connectivity index (χ1) is 13.1. The Balaban J connectivity index is 1.85. The molecule has 0 aromatic heterocycles. The highest BCUT2D eigenvalue weighted by Crippen LogP contribution is 2.12. The van der Waals surface area contributed by atoms with Crippen LogP contribution < -0.4 is 5.32 Å². The summed E-state index contributed by atoms with van der Waals surface area (Å²) in [4.78, 5) is 0. The molecule has 1 aromatic carbocycles. The maximum absolute atomic E-state index is 3.65. The molecule has 1 N–H and O–H groups in total. The molecule has 0 radical (unpaired) electrons. The Kier molecular flexibility index (Phi) is 14.7. The first kappa shape index (κ1) is 24.4. The van der Waals surface area contributed by atoms with Gasteiger partial charge in [0.05, 0.1) is 20.6 Å². The molecule has 0 amide bonds. The van der Waals surface area contributed by atoms with Crippen LogP contribution >= 0.6 is 0 Å². The Labute approximate surface area is 173 Å². The molecule has 0 saturated carbocycles. The lowest BCUT2D eigenvalue weighted by Crippen LogP contribution is -2.43. The molecular formula is C24H47N2Si+. The quantitative estimate of drug-likeness (QED) is 0.213. The fraction of sp³-hybridized carbons (Fsp3) is 0.750. The van der Waals surface area contributed by atoms with Crippen molar-refractivity contribution in [1.29, 1.82) is 0 Å². The third kappa shape index (κ3) is 15.0. The zero-order valence-electron chi connectivity index (χ0n) is 18.6. The smallest absolute Gasteiger partial charge is 0.104 e. The Morgan fingerprint density at radius 3 is 1.78 bits per heavy atom. The fourth-order valence-corrected chi connectivity index (χ4v) is 4.25. The van der Waals surface area contributed by atoms with E-state index in [9.17, 15) is 0 Å². The standard InChI is InChI=1S/C24H47N2Si/c1-26(2,23-24-17-13-12-14-18-24)21-20-25-19-15-10-8-6-4-3-5-7-9-11-16-22-27/h12-14,17-18,25H,3-11,15-16,19-23H2,1-2,27H3/q+1. The van der Waals surface area contributed by atoms with Crippen molar-refractivity contribution in [1.82, 2.24) is 5.32 Å². The van der Waals surface area contributed by atoms with Crippen LogP contribution in [-0.2, 0) is 6.54 Å². The number of rotatable bonds is 18. The van der Waals surface area contributed by atoms with E-state index in [1.54, 1.807) is 0 Å². The molecule has 0 aliphatic carbocycles. The van der Waals surface area contributed by atoms with E-state index in [1.165, 1.54) is 106 Å². The van der Waals surface area contributed by atoms with Crippen molar-refractivity contribution in [2.24, 2.45) is 0 Å². The minimum absolute atomic E-state index is 1.05. The lowest BCUT2D eigenvalue weighted by atomic mass is 10.1. The number of hydrogen-bond acceptors (Lipinski definition) is 1. The first-order valence-electron chi connectivity index (χ1n) is 11.7. The van der Waals surface area contributed by atoms with E-state index in [0.717, 1.165) is 17.6 Å². The van der Waals surface area contributed by atoms with Crippen molar-refractivity contribution in [2.75, 3.05) is 33.7 Å². The van der Waals surface area contributed by atoms with Crippen LogP contribution in [0, 0.1) is 0 Å². The monoisotopic (exact) mass is 391 g/mol. The van der Waals surface area contributed by atoms with Gasteiger partial charge in [0, 0.05) is 22.4 Å². The van der Waals surface area contributed by atoms with Crippen molar-refractivity contribution in [2.45, 2.75) is 83.2 Å². The summed E-state index contributed by atoms with van der Waals surface area (Å²) in [7, 11) is 6.06. The molecule has 0 fully saturated rings. The highest BCUT2D eigenvalue weighted by molar-refractivity contribution is 6.08. The third-order valence-electron chi connectivity index (χ3n) is 5.55. The van der Waals surface area contributed by atoms with E-state index >= 15 is 0 Å². The molecule has 0 unspecified atom stereocenters. The second-order valence-corrected chi connectivity index (χ2v) is 9.94. The van der Waals surface area contributed by atoms with Crippen molar-refractivity contribution in [3.05, 3.63) is 35.9 Å². The van der Waals surface area contributed by atoms with Gasteiger partial charge in [-0.1, -0.05) is 101 Å². The Hall–Kier alpha value is -0.643. The van der Waals surface area contributed by atoms with Gasteiger partial charge in [0.25, 0.3) is 0 Å². The number of benzene rings is 1. The number of quaternary nitrogens is 1. The predicted octanol–water partition coefficient (Wildman–Crippen LogP) is 4.93. The summed E-state index contributed by atoms with van der Waals surface area (Å²) in [6.07, 6.45) is 15.9.